The summed E-state index contributed by atoms with van der Waals surface area (Å²) in [4.78, 5) is 0. The molecule has 0 aromatic carbocycles. The number of ether oxygens (including phenoxy) is 1. The SMILES string of the molecule is COCCC(C)(C)Cn1c(C)cc2c1CCCC2N. The van der Waals surface area contributed by atoms with Crippen molar-refractivity contribution in [2.45, 2.75) is 59.0 Å². The molecule has 0 saturated carbocycles. The van der Waals surface area contributed by atoms with Crippen LogP contribution in [0, 0.1) is 12.3 Å². The van der Waals surface area contributed by atoms with Crippen LogP contribution in [0.15, 0.2) is 6.07 Å². The largest absolute Gasteiger partial charge is 0.385 e. The normalized spacial score (nSPS) is 19.5. The van der Waals surface area contributed by atoms with Crippen molar-refractivity contribution in [3.63, 3.8) is 0 Å². The van der Waals surface area contributed by atoms with E-state index < -0.39 is 0 Å². The van der Waals surface area contributed by atoms with Crippen LogP contribution in [0.5, 0.6) is 0 Å². The molecular weight excluding hydrogens is 236 g/mol. The predicted octanol–water partition coefficient (Wildman–Crippen LogP) is 3.20. The highest BCUT2D eigenvalue weighted by molar-refractivity contribution is 5.32. The van der Waals surface area contributed by atoms with E-state index in [1.807, 2.05) is 0 Å². The summed E-state index contributed by atoms with van der Waals surface area (Å²) < 4.78 is 7.72. The number of aryl methyl sites for hydroxylation is 1. The fraction of sp³-hybridized carbons (Fsp3) is 0.750. The summed E-state index contributed by atoms with van der Waals surface area (Å²) in [5, 5.41) is 0. The molecular formula is C16H28N2O. The van der Waals surface area contributed by atoms with E-state index in [2.05, 4.69) is 31.4 Å². The van der Waals surface area contributed by atoms with Gasteiger partial charge in [0.2, 0.25) is 0 Å². The van der Waals surface area contributed by atoms with Crippen molar-refractivity contribution in [2.24, 2.45) is 11.1 Å². The first-order chi connectivity index (χ1) is 8.94. The number of rotatable bonds is 5. The predicted molar refractivity (Wildman–Crippen MR) is 79.3 cm³/mol. The maximum Gasteiger partial charge on any atom is 0.0468 e. The Bertz CT molecular complexity index is 434. The summed E-state index contributed by atoms with van der Waals surface area (Å²) in [6.07, 6.45) is 4.61. The summed E-state index contributed by atoms with van der Waals surface area (Å²) in [5.41, 5.74) is 10.7. The Morgan fingerprint density at radius 2 is 2.21 bits per heavy atom. The number of fused-ring (bicyclic) bond motifs is 1. The van der Waals surface area contributed by atoms with Gasteiger partial charge >= 0.3 is 0 Å². The first-order valence-electron chi connectivity index (χ1n) is 7.38. The van der Waals surface area contributed by atoms with Crippen LogP contribution in [0.25, 0.3) is 0 Å². The van der Waals surface area contributed by atoms with Gasteiger partial charge in [0, 0.05) is 37.7 Å². The summed E-state index contributed by atoms with van der Waals surface area (Å²) >= 11 is 0. The lowest BCUT2D eigenvalue weighted by atomic mass is 9.88. The fourth-order valence-electron chi connectivity index (χ4n) is 3.11. The van der Waals surface area contributed by atoms with E-state index in [0.29, 0.717) is 0 Å². The van der Waals surface area contributed by atoms with E-state index in [1.54, 1.807) is 7.11 Å². The van der Waals surface area contributed by atoms with Crippen molar-refractivity contribution in [2.75, 3.05) is 13.7 Å². The molecule has 1 aliphatic rings. The Morgan fingerprint density at radius 3 is 2.89 bits per heavy atom. The molecule has 1 unspecified atom stereocenters. The number of nitrogens with two attached hydrogens (primary N) is 1. The van der Waals surface area contributed by atoms with Gasteiger partial charge in [-0.2, -0.15) is 0 Å². The lowest BCUT2D eigenvalue weighted by Crippen LogP contribution is -2.25. The standard InChI is InChI=1S/C16H28N2O/c1-12-10-13-14(17)6-5-7-15(13)18(12)11-16(2,3)8-9-19-4/h10,14H,5-9,11,17H2,1-4H3. The molecule has 1 aromatic heterocycles. The minimum absolute atomic E-state index is 0.241. The quantitative estimate of drug-likeness (QED) is 0.887. The summed E-state index contributed by atoms with van der Waals surface area (Å²) in [5.74, 6) is 0. The van der Waals surface area contributed by atoms with Gasteiger partial charge < -0.3 is 15.0 Å². The van der Waals surface area contributed by atoms with Crippen LogP contribution in [-0.4, -0.2) is 18.3 Å². The molecule has 1 aromatic rings. The highest BCUT2D eigenvalue weighted by atomic mass is 16.5. The molecule has 0 fully saturated rings. The van der Waals surface area contributed by atoms with Gasteiger partial charge in [-0.05, 0) is 49.7 Å². The monoisotopic (exact) mass is 264 g/mol. The molecule has 0 bridgehead atoms. The van der Waals surface area contributed by atoms with Gasteiger partial charge in [0.25, 0.3) is 0 Å². The van der Waals surface area contributed by atoms with Crippen molar-refractivity contribution in [1.29, 1.82) is 0 Å². The van der Waals surface area contributed by atoms with E-state index >= 15 is 0 Å². The van der Waals surface area contributed by atoms with Gasteiger partial charge in [-0.15, -0.1) is 0 Å². The molecule has 3 nitrogen and oxygen atoms in total. The molecule has 1 atom stereocenters. The average molecular weight is 264 g/mol. The first-order valence-corrected chi connectivity index (χ1v) is 7.38. The number of aromatic nitrogens is 1. The zero-order valence-corrected chi connectivity index (χ0v) is 12.8. The van der Waals surface area contributed by atoms with E-state index in [9.17, 15) is 0 Å². The first kappa shape index (κ1) is 14.6. The minimum Gasteiger partial charge on any atom is -0.385 e. The zero-order chi connectivity index (χ0) is 14.0. The van der Waals surface area contributed by atoms with Crippen LogP contribution in [0.4, 0.5) is 0 Å². The van der Waals surface area contributed by atoms with E-state index in [0.717, 1.165) is 26.0 Å². The summed E-state index contributed by atoms with van der Waals surface area (Å²) in [6, 6.07) is 2.54. The van der Waals surface area contributed by atoms with Crippen molar-refractivity contribution in [1.82, 2.24) is 4.57 Å². The highest BCUT2D eigenvalue weighted by Gasteiger charge is 2.26. The lowest BCUT2D eigenvalue weighted by molar-refractivity contribution is 0.141. The van der Waals surface area contributed by atoms with Crippen molar-refractivity contribution in [3.05, 3.63) is 23.0 Å². The minimum atomic E-state index is 0.241. The van der Waals surface area contributed by atoms with Crippen LogP contribution in [0.3, 0.4) is 0 Å². The Labute approximate surface area is 117 Å². The van der Waals surface area contributed by atoms with Crippen molar-refractivity contribution < 1.29 is 4.74 Å². The topological polar surface area (TPSA) is 40.2 Å². The second-order valence-electron chi connectivity index (χ2n) is 6.68. The zero-order valence-electron chi connectivity index (χ0n) is 12.8. The third kappa shape index (κ3) is 3.21. The molecule has 2 N–H and O–H groups in total. The van der Waals surface area contributed by atoms with Gasteiger partial charge in [0.15, 0.2) is 0 Å². The number of methoxy groups -OCH3 is 1. The van der Waals surface area contributed by atoms with Crippen LogP contribution >= 0.6 is 0 Å². The Kier molecular flexibility index (Phi) is 4.36. The molecule has 1 aliphatic carbocycles. The highest BCUT2D eigenvalue weighted by Crippen LogP contribution is 2.33. The van der Waals surface area contributed by atoms with E-state index in [1.165, 1.54) is 29.8 Å². The van der Waals surface area contributed by atoms with Crippen LogP contribution < -0.4 is 5.73 Å². The van der Waals surface area contributed by atoms with Crippen molar-refractivity contribution >= 4 is 0 Å². The van der Waals surface area contributed by atoms with Gasteiger partial charge in [-0.1, -0.05) is 13.8 Å². The summed E-state index contributed by atoms with van der Waals surface area (Å²) in [7, 11) is 1.78. The number of hydrogen-bond donors (Lipinski definition) is 1. The molecule has 3 heteroatoms. The third-order valence-corrected chi connectivity index (χ3v) is 4.35. The van der Waals surface area contributed by atoms with Gasteiger partial charge in [-0.3, -0.25) is 0 Å². The van der Waals surface area contributed by atoms with Crippen LogP contribution in [0.2, 0.25) is 0 Å². The Morgan fingerprint density at radius 1 is 1.47 bits per heavy atom. The molecule has 0 radical (unpaired) electrons. The smallest absolute Gasteiger partial charge is 0.0468 e. The van der Waals surface area contributed by atoms with Gasteiger partial charge in [-0.25, -0.2) is 0 Å². The number of hydrogen-bond acceptors (Lipinski definition) is 2. The molecule has 108 valence electrons. The molecule has 19 heavy (non-hydrogen) atoms. The van der Waals surface area contributed by atoms with Gasteiger partial charge in [0.05, 0.1) is 0 Å². The third-order valence-electron chi connectivity index (χ3n) is 4.35. The van der Waals surface area contributed by atoms with Crippen LogP contribution in [-0.2, 0) is 17.7 Å². The number of nitrogens with zero attached hydrogens (tertiary/aromatic N) is 1. The molecule has 1 heterocycles. The molecule has 0 amide bonds. The second kappa shape index (κ2) is 5.68. The Hall–Kier alpha value is -0.800. The van der Waals surface area contributed by atoms with Gasteiger partial charge in [0.1, 0.15) is 0 Å². The molecule has 2 rings (SSSR count). The average Bonchev–Trinajstić information content (AvgIpc) is 2.66. The second-order valence-corrected chi connectivity index (χ2v) is 6.68. The fourth-order valence-corrected chi connectivity index (χ4v) is 3.11. The molecule has 0 saturated heterocycles. The van der Waals surface area contributed by atoms with Crippen molar-refractivity contribution in [3.8, 4) is 0 Å². The van der Waals surface area contributed by atoms with E-state index in [-0.39, 0.29) is 11.5 Å². The van der Waals surface area contributed by atoms with Crippen LogP contribution in [0.1, 0.15) is 56.1 Å². The Balaban J connectivity index is 2.21. The summed E-state index contributed by atoms with van der Waals surface area (Å²) in [6.45, 7) is 8.73. The maximum atomic E-state index is 6.24. The molecule has 0 spiro atoms. The molecule has 0 aliphatic heterocycles. The maximum absolute atomic E-state index is 6.24. The lowest BCUT2D eigenvalue weighted by Gasteiger charge is -2.29. The van der Waals surface area contributed by atoms with E-state index in [4.69, 9.17) is 10.5 Å².